The Morgan fingerprint density at radius 2 is 1.52 bits per heavy atom. The molecule has 0 saturated carbocycles. The van der Waals surface area contributed by atoms with Gasteiger partial charge in [0.2, 0.25) is 0 Å². The van der Waals surface area contributed by atoms with Gasteiger partial charge in [0, 0.05) is 14.5 Å². The summed E-state index contributed by atoms with van der Waals surface area (Å²) in [7, 11) is 0. The van der Waals surface area contributed by atoms with Crippen LogP contribution in [0.15, 0.2) is 59.1 Å². The summed E-state index contributed by atoms with van der Waals surface area (Å²) in [5.74, 6) is 0. The predicted octanol–water partition coefficient (Wildman–Crippen LogP) is 7.39. The van der Waals surface area contributed by atoms with Crippen LogP contribution in [0.5, 0.6) is 0 Å². The molecule has 21 heavy (non-hydrogen) atoms. The Labute approximate surface area is 150 Å². The SMILES string of the molecule is Clc1ccc(Cl)c(C(Br)c2ccc3cc(Br)ccc3c2)c1. The molecule has 0 saturated heterocycles. The minimum atomic E-state index is 0.0109. The molecule has 3 aromatic carbocycles. The first kappa shape index (κ1) is 15.4. The molecule has 4 heteroatoms. The minimum absolute atomic E-state index is 0.0109. The predicted molar refractivity (Wildman–Crippen MR) is 98.9 cm³/mol. The third-order valence-electron chi connectivity index (χ3n) is 3.35. The van der Waals surface area contributed by atoms with Crippen LogP contribution in [0.2, 0.25) is 10.0 Å². The highest BCUT2D eigenvalue weighted by Gasteiger charge is 2.14. The lowest BCUT2D eigenvalue weighted by atomic mass is 10.0. The molecular formula is C17H10Br2Cl2. The molecule has 1 atom stereocenters. The van der Waals surface area contributed by atoms with Gasteiger partial charge in [0.1, 0.15) is 0 Å². The average molecular weight is 445 g/mol. The zero-order valence-electron chi connectivity index (χ0n) is 10.8. The standard InChI is InChI=1S/C17H10Br2Cl2/c18-13-4-3-10-7-12(2-1-11(10)8-13)17(19)15-9-14(20)5-6-16(15)21/h1-9,17H. The molecule has 0 N–H and O–H groups in total. The Kier molecular flexibility index (Phi) is 4.60. The Bertz CT molecular complexity index is 815. The van der Waals surface area contributed by atoms with Gasteiger partial charge in [-0.25, -0.2) is 0 Å². The maximum absolute atomic E-state index is 6.29. The lowest BCUT2D eigenvalue weighted by molar-refractivity contribution is 1.18. The zero-order chi connectivity index (χ0) is 15.0. The van der Waals surface area contributed by atoms with Crippen LogP contribution in [0, 0.1) is 0 Å². The maximum atomic E-state index is 6.29. The van der Waals surface area contributed by atoms with E-state index in [2.05, 4.69) is 62.2 Å². The Morgan fingerprint density at radius 3 is 2.33 bits per heavy atom. The van der Waals surface area contributed by atoms with E-state index >= 15 is 0 Å². The molecule has 0 spiro atoms. The summed E-state index contributed by atoms with van der Waals surface area (Å²) in [5.41, 5.74) is 2.12. The molecule has 0 bridgehead atoms. The van der Waals surface area contributed by atoms with E-state index in [-0.39, 0.29) is 4.83 Å². The molecule has 0 amide bonds. The van der Waals surface area contributed by atoms with E-state index in [4.69, 9.17) is 23.2 Å². The summed E-state index contributed by atoms with van der Waals surface area (Å²) in [4.78, 5) is 0.0109. The first-order chi connectivity index (χ1) is 10.0. The van der Waals surface area contributed by atoms with Gasteiger partial charge in [-0.15, -0.1) is 0 Å². The van der Waals surface area contributed by atoms with Crippen molar-refractivity contribution in [3.05, 3.63) is 80.2 Å². The second kappa shape index (κ2) is 6.29. The largest absolute Gasteiger partial charge is 0.0843 e. The number of fused-ring (bicyclic) bond motifs is 1. The third-order valence-corrected chi connectivity index (χ3v) is 5.44. The second-order valence-corrected chi connectivity index (χ2v) is 7.45. The van der Waals surface area contributed by atoms with Gasteiger partial charge in [-0.2, -0.15) is 0 Å². The third kappa shape index (κ3) is 3.29. The number of halogens is 4. The molecule has 0 nitrogen and oxygen atoms in total. The van der Waals surface area contributed by atoms with Crippen molar-refractivity contribution < 1.29 is 0 Å². The monoisotopic (exact) mass is 442 g/mol. The Balaban J connectivity index is 2.07. The van der Waals surface area contributed by atoms with Gasteiger partial charge in [-0.05, 0) is 58.3 Å². The number of benzene rings is 3. The number of rotatable bonds is 2. The van der Waals surface area contributed by atoms with Crippen LogP contribution in [-0.4, -0.2) is 0 Å². The number of hydrogen-bond donors (Lipinski definition) is 0. The smallest absolute Gasteiger partial charge is 0.0659 e. The van der Waals surface area contributed by atoms with Crippen LogP contribution >= 0.6 is 55.1 Å². The fourth-order valence-electron chi connectivity index (χ4n) is 2.28. The summed E-state index contributed by atoms with van der Waals surface area (Å²) in [6.45, 7) is 0. The van der Waals surface area contributed by atoms with Crippen LogP contribution in [-0.2, 0) is 0 Å². The van der Waals surface area contributed by atoms with E-state index < -0.39 is 0 Å². The van der Waals surface area contributed by atoms with Crippen molar-refractivity contribution in [2.75, 3.05) is 0 Å². The summed E-state index contributed by atoms with van der Waals surface area (Å²) in [6.07, 6.45) is 0. The Hall–Kier alpha value is -0.540. The summed E-state index contributed by atoms with van der Waals surface area (Å²) in [6, 6.07) is 18.1. The van der Waals surface area contributed by atoms with Crippen molar-refractivity contribution in [2.45, 2.75) is 4.83 Å². The van der Waals surface area contributed by atoms with Crippen LogP contribution in [0.25, 0.3) is 10.8 Å². The van der Waals surface area contributed by atoms with E-state index in [1.165, 1.54) is 10.8 Å². The van der Waals surface area contributed by atoms with Gasteiger partial charge < -0.3 is 0 Å². The number of hydrogen-bond acceptors (Lipinski definition) is 0. The van der Waals surface area contributed by atoms with Crippen LogP contribution in [0.1, 0.15) is 16.0 Å². The lowest BCUT2D eigenvalue weighted by Crippen LogP contribution is -1.94. The van der Waals surface area contributed by atoms with Crippen molar-refractivity contribution in [1.29, 1.82) is 0 Å². The van der Waals surface area contributed by atoms with Crippen molar-refractivity contribution in [3.8, 4) is 0 Å². The fourth-order valence-corrected chi connectivity index (χ4v) is 3.86. The molecule has 3 aromatic rings. The topological polar surface area (TPSA) is 0 Å². The quantitative estimate of drug-likeness (QED) is 0.361. The van der Waals surface area contributed by atoms with E-state index in [0.717, 1.165) is 15.6 Å². The molecule has 0 aliphatic heterocycles. The lowest BCUT2D eigenvalue weighted by Gasteiger charge is -2.14. The number of alkyl halides is 1. The fraction of sp³-hybridized carbons (Fsp3) is 0.0588. The molecule has 0 fully saturated rings. The van der Waals surface area contributed by atoms with Gasteiger partial charge in [-0.3, -0.25) is 0 Å². The second-order valence-electron chi connectivity index (χ2n) is 4.78. The van der Waals surface area contributed by atoms with Crippen molar-refractivity contribution in [2.24, 2.45) is 0 Å². The molecule has 0 aliphatic carbocycles. The highest BCUT2D eigenvalue weighted by Crippen LogP contribution is 2.37. The molecule has 0 radical (unpaired) electrons. The summed E-state index contributed by atoms with van der Waals surface area (Å²) < 4.78 is 1.08. The molecule has 1 unspecified atom stereocenters. The van der Waals surface area contributed by atoms with Crippen molar-refractivity contribution >= 4 is 65.8 Å². The van der Waals surface area contributed by atoms with Gasteiger partial charge in [0.15, 0.2) is 0 Å². The van der Waals surface area contributed by atoms with Gasteiger partial charge in [0.05, 0.1) is 4.83 Å². The summed E-state index contributed by atoms with van der Waals surface area (Å²) >= 11 is 19.6. The molecule has 0 aromatic heterocycles. The van der Waals surface area contributed by atoms with E-state index in [1.807, 2.05) is 18.2 Å². The first-order valence-electron chi connectivity index (χ1n) is 6.33. The van der Waals surface area contributed by atoms with Gasteiger partial charge in [0.25, 0.3) is 0 Å². The van der Waals surface area contributed by atoms with Gasteiger partial charge >= 0.3 is 0 Å². The zero-order valence-corrected chi connectivity index (χ0v) is 15.5. The molecule has 0 heterocycles. The van der Waals surface area contributed by atoms with Crippen molar-refractivity contribution in [3.63, 3.8) is 0 Å². The normalized spacial score (nSPS) is 12.6. The van der Waals surface area contributed by atoms with Gasteiger partial charge in [-0.1, -0.05) is 73.3 Å². The van der Waals surface area contributed by atoms with Crippen LogP contribution in [0.4, 0.5) is 0 Å². The summed E-state index contributed by atoms with van der Waals surface area (Å²) in [5, 5.41) is 3.78. The first-order valence-corrected chi connectivity index (χ1v) is 8.79. The van der Waals surface area contributed by atoms with E-state index in [1.54, 1.807) is 6.07 Å². The van der Waals surface area contributed by atoms with Crippen LogP contribution < -0.4 is 0 Å². The molecular weight excluding hydrogens is 435 g/mol. The van der Waals surface area contributed by atoms with Crippen molar-refractivity contribution in [1.82, 2.24) is 0 Å². The Morgan fingerprint density at radius 1 is 0.810 bits per heavy atom. The van der Waals surface area contributed by atoms with E-state index in [9.17, 15) is 0 Å². The maximum Gasteiger partial charge on any atom is 0.0659 e. The molecule has 3 rings (SSSR count). The molecule has 0 aliphatic rings. The minimum Gasteiger partial charge on any atom is -0.0843 e. The average Bonchev–Trinajstić information content (AvgIpc) is 2.48. The van der Waals surface area contributed by atoms with E-state index in [0.29, 0.717) is 10.0 Å². The van der Waals surface area contributed by atoms with Crippen LogP contribution in [0.3, 0.4) is 0 Å². The highest BCUT2D eigenvalue weighted by molar-refractivity contribution is 9.10. The molecule has 106 valence electrons. The highest BCUT2D eigenvalue weighted by atomic mass is 79.9.